The van der Waals surface area contributed by atoms with Crippen molar-refractivity contribution >= 4 is 10.9 Å². The highest BCUT2D eigenvalue weighted by Gasteiger charge is 1.97. The predicted molar refractivity (Wildman–Crippen MR) is 66.2 cm³/mol. The molecule has 0 unspecified atom stereocenters. The highest BCUT2D eigenvalue weighted by molar-refractivity contribution is 5.78. The average molecular weight is 214 g/mol. The number of nitrogens with zero attached hydrogens (tertiary/aromatic N) is 1. The molecule has 0 aliphatic rings. The van der Waals surface area contributed by atoms with Crippen molar-refractivity contribution in [2.75, 3.05) is 13.2 Å². The second-order valence-corrected chi connectivity index (χ2v) is 3.75. The zero-order chi connectivity index (χ0) is 11.2. The molecule has 2 heteroatoms. The van der Waals surface area contributed by atoms with Crippen LogP contribution in [-0.2, 0) is 11.2 Å². The summed E-state index contributed by atoms with van der Waals surface area (Å²) in [7, 11) is 0. The zero-order valence-corrected chi connectivity index (χ0v) is 9.36. The lowest BCUT2D eigenvalue weighted by Crippen LogP contribution is -1.96. The van der Waals surface area contributed by atoms with Crippen molar-refractivity contribution in [3.05, 3.63) is 49.0 Å². The minimum absolute atomic E-state index is 0.552. The third-order valence-electron chi connectivity index (χ3n) is 2.55. The van der Waals surface area contributed by atoms with Gasteiger partial charge < -0.3 is 4.74 Å². The second-order valence-electron chi connectivity index (χ2n) is 3.75. The molecule has 0 amide bonds. The van der Waals surface area contributed by atoms with E-state index in [1.54, 1.807) is 0 Å². The van der Waals surface area contributed by atoms with Crippen molar-refractivity contribution in [2.45, 2.75) is 12.8 Å². The van der Waals surface area contributed by atoms with Gasteiger partial charge in [0.2, 0.25) is 0 Å². The molecule has 0 saturated carbocycles. The van der Waals surface area contributed by atoms with E-state index in [2.05, 4.69) is 24.0 Å². The summed E-state index contributed by atoms with van der Waals surface area (Å²) in [5, 5.41) is 1.21. The maximum Gasteiger partial charge on any atom is 0.0702 e. The second kappa shape index (κ2) is 5.61. The number of rotatable bonds is 5. The Morgan fingerprint density at radius 3 is 3.00 bits per heavy atom. The van der Waals surface area contributed by atoms with Gasteiger partial charge in [0.15, 0.2) is 0 Å². The Hall–Kier alpha value is -1.41. The maximum atomic E-state index is 5.21. The summed E-state index contributed by atoms with van der Waals surface area (Å²) in [6.07, 6.45) is 3.99. The number of pyridine rings is 1. The fraction of sp³-hybridized carbons (Fsp3) is 0.286. The lowest BCUT2D eigenvalue weighted by Gasteiger charge is -2.03. The van der Waals surface area contributed by atoms with Crippen LogP contribution >= 0.6 is 0 Å². The summed E-state index contributed by atoms with van der Waals surface area (Å²) in [5.41, 5.74) is 2.33. The van der Waals surface area contributed by atoms with E-state index in [1.165, 1.54) is 10.9 Å². The van der Waals surface area contributed by atoms with Gasteiger partial charge in [0, 0.05) is 24.8 Å². The molecule has 0 aliphatic heterocycles. The Kier molecular flexibility index (Phi) is 3.89. The third-order valence-corrected chi connectivity index (χ3v) is 2.55. The standard InChI is InChI=1S/C14H16NO/c1-2-16-9-5-6-12-10-13-7-3-4-8-14(13)15-11-12/h3-4,7-8,10-11H,1-2,5-6,9H2. The number of aromatic nitrogens is 1. The van der Waals surface area contributed by atoms with Gasteiger partial charge in [-0.25, -0.2) is 0 Å². The van der Waals surface area contributed by atoms with E-state index >= 15 is 0 Å². The van der Waals surface area contributed by atoms with Crippen LogP contribution in [0, 0.1) is 6.92 Å². The largest absolute Gasteiger partial charge is 0.381 e. The van der Waals surface area contributed by atoms with Gasteiger partial charge in [0.25, 0.3) is 0 Å². The van der Waals surface area contributed by atoms with Crippen molar-refractivity contribution in [3.63, 3.8) is 0 Å². The van der Waals surface area contributed by atoms with Crippen LogP contribution in [0.1, 0.15) is 12.0 Å². The van der Waals surface area contributed by atoms with E-state index in [-0.39, 0.29) is 0 Å². The lowest BCUT2D eigenvalue weighted by molar-refractivity contribution is 0.158. The van der Waals surface area contributed by atoms with E-state index in [0.717, 1.165) is 25.0 Å². The molecule has 1 aromatic heterocycles. The highest BCUT2D eigenvalue weighted by atomic mass is 16.5. The van der Waals surface area contributed by atoms with Gasteiger partial charge in [-0.15, -0.1) is 0 Å². The molecule has 1 heterocycles. The molecule has 83 valence electrons. The highest BCUT2D eigenvalue weighted by Crippen LogP contribution is 2.13. The third kappa shape index (κ3) is 2.80. The first-order valence-corrected chi connectivity index (χ1v) is 5.61. The van der Waals surface area contributed by atoms with Crippen LogP contribution in [0.25, 0.3) is 10.9 Å². The number of hydrogen-bond donors (Lipinski definition) is 0. The normalized spacial score (nSPS) is 10.8. The molecule has 1 aromatic carbocycles. The van der Waals surface area contributed by atoms with Crippen LogP contribution in [0.3, 0.4) is 0 Å². The molecule has 0 spiro atoms. The molecule has 0 N–H and O–H groups in total. The van der Waals surface area contributed by atoms with Crippen LogP contribution in [0.5, 0.6) is 0 Å². The van der Waals surface area contributed by atoms with Crippen LogP contribution in [0.2, 0.25) is 0 Å². The van der Waals surface area contributed by atoms with Crippen molar-refractivity contribution in [1.82, 2.24) is 4.98 Å². The predicted octanol–water partition coefficient (Wildman–Crippen LogP) is 3.02. The van der Waals surface area contributed by atoms with E-state index in [9.17, 15) is 0 Å². The van der Waals surface area contributed by atoms with Gasteiger partial charge in [0.1, 0.15) is 0 Å². The Morgan fingerprint density at radius 1 is 1.25 bits per heavy atom. The molecule has 0 bridgehead atoms. The monoisotopic (exact) mass is 214 g/mol. The van der Waals surface area contributed by atoms with Gasteiger partial charge in [-0.2, -0.15) is 0 Å². The van der Waals surface area contributed by atoms with Crippen molar-refractivity contribution < 1.29 is 4.74 Å². The molecule has 1 radical (unpaired) electrons. The van der Waals surface area contributed by atoms with Gasteiger partial charge in [-0.3, -0.25) is 4.98 Å². The summed E-state index contributed by atoms with van der Waals surface area (Å²) in [4.78, 5) is 4.43. The van der Waals surface area contributed by atoms with Crippen molar-refractivity contribution in [3.8, 4) is 0 Å². The van der Waals surface area contributed by atoms with Crippen molar-refractivity contribution in [2.24, 2.45) is 0 Å². The lowest BCUT2D eigenvalue weighted by atomic mass is 10.1. The van der Waals surface area contributed by atoms with Crippen LogP contribution in [0.4, 0.5) is 0 Å². The van der Waals surface area contributed by atoms with Gasteiger partial charge in [-0.05, 0) is 37.5 Å². The quantitative estimate of drug-likeness (QED) is 0.714. The number of hydrogen-bond acceptors (Lipinski definition) is 2. The summed E-state index contributed by atoms with van der Waals surface area (Å²) >= 11 is 0. The van der Waals surface area contributed by atoms with Gasteiger partial charge in [-0.1, -0.05) is 18.2 Å². The number of ether oxygens (including phenoxy) is 1. The van der Waals surface area contributed by atoms with Gasteiger partial charge >= 0.3 is 0 Å². The summed E-state index contributed by atoms with van der Waals surface area (Å²) < 4.78 is 5.21. The molecule has 0 fully saturated rings. The first-order chi connectivity index (χ1) is 7.90. The molecule has 0 atom stereocenters. The number of fused-ring (bicyclic) bond motifs is 1. The maximum absolute atomic E-state index is 5.21. The van der Waals surface area contributed by atoms with Gasteiger partial charge in [0.05, 0.1) is 5.52 Å². The minimum Gasteiger partial charge on any atom is -0.381 e. The molecular weight excluding hydrogens is 198 g/mol. The fourth-order valence-corrected chi connectivity index (χ4v) is 1.73. The summed E-state index contributed by atoms with van der Waals surface area (Å²) in [6.45, 7) is 4.96. The molecule has 2 rings (SSSR count). The first kappa shape index (κ1) is 11.1. The van der Waals surface area contributed by atoms with E-state index in [1.807, 2.05) is 24.4 Å². The van der Waals surface area contributed by atoms with E-state index in [4.69, 9.17) is 4.74 Å². The van der Waals surface area contributed by atoms with Crippen LogP contribution in [0.15, 0.2) is 36.5 Å². The molecule has 2 nitrogen and oxygen atoms in total. The number of aryl methyl sites for hydroxylation is 1. The Labute approximate surface area is 96.3 Å². The van der Waals surface area contributed by atoms with Crippen LogP contribution < -0.4 is 0 Å². The Morgan fingerprint density at radius 2 is 2.12 bits per heavy atom. The molecular formula is C14H16NO. The Bertz CT molecular complexity index is 453. The van der Waals surface area contributed by atoms with Crippen LogP contribution in [-0.4, -0.2) is 18.2 Å². The smallest absolute Gasteiger partial charge is 0.0702 e. The fourth-order valence-electron chi connectivity index (χ4n) is 1.73. The minimum atomic E-state index is 0.552. The Balaban J connectivity index is 2.02. The van der Waals surface area contributed by atoms with E-state index in [0.29, 0.717) is 6.61 Å². The van der Waals surface area contributed by atoms with E-state index < -0.39 is 0 Å². The molecule has 16 heavy (non-hydrogen) atoms. The average Bonchev–Trinajstić information content (AvgIpc) is 2.34. The first-order valence-electron chi connectivity index (χ1n) is 5.61. The summed E-state index contributed by atoms with van der Waals surface area (Å²) in [6, 6.07) is 10.4. The topological polar surface area (TPSA) is 22.1 Å². The molecule has 0 aliphatic carbocycles. The van der Waals surface area contributed by atoms with Crippen molar-refractivity contribution in [1.29, 1.82) is 0 Å². The molecule has 2 aromatic rings. The number of benzene rings is 1. The summed E-state index contributed by atoms with van der Waals surface area (Å²) in [5.74, 6) is 0. The molecule has 0 saturated heterocycles. The number of para-hydroxylation sites is 1. The zero-order valence-electron chi connectivity index (χ0n) is 9.36. The SMILES string of the molecule is [CH2]COCCCc1cnc2ccccc2c1.